The maximum absolute atomic E-state index is 13.1. The van der Waals surface area contributed by atoms with Crippen molar-refractivity contribution in [2.24, 2.45) is 0 Å². The number of ether oxygens (including phenoxy) is 2. The summed E-state index contributed by atoms with van der Waals surface area (Å²) < 4.78 is 11.9. The van der Waals surface area contributed by atoms with Crippen LogP contribution in [0.5, 0.6) is 0 Å². The van der Waals surface area contributed by atoms with Gasteiger partial charge in [-0.05, 0) is 37.7 Å². The minimum atomic E-state index is -0.711. The predicted octanol–water partition coefficient (Wildman–Crippen LogP) is 1.42. The molecule has 164 valence electrons. The van der Waals surface area contributed by atoms with Crippen LogP contribution >= 0.6 is 0 Å². The van der Waals surface area contributed by atoms with Crippen LogP contribution in [-0.2, 0) is 25.5 Å². The molecular formula is C23H32N2O5. The van der Waals surface area contributed by atoms with E-state index in [0.29, 0.717) is 31.9 Å². The number of benzene rings is 1. The standard InChI is InChI=1S/C23H32N2O5/c26-18-13-25(23(28)11-16-5-2-1-3-6-16)20-10-9-19(30-21(20)15-29-14-18)12-22(27)24-17-7-4-8-17/h1-3,5-6,17-21,26H,4,7-15H2,(H,24,27)/t18-,19-,20+,21-/m0/s1. The van der Waals surface area contributed by atoms with Crippen LogP contribution in [0.15, 0.2) is 30.3 Å². The van der Waals surface area contributed by atoms with Crippen molar-refractivity contribution < 1.29 is 24.2 Å². The molecule has 4 rings (SSSR count). The van der Waals surface area contributed by atoms with Gasteiger partial charge >= 0.3 is 0 Å². The minimum Gasteiger partial charge on any atom is -0.389 e. The lowest BCUT2D eigenvalue weighted by Crippen LogP contribution is -2.58. The molecule has 3 aliphatic rings. The van der Waals surface area contributed by atoms with Crippen molar-refractivity contribution in [2.45, 2.75) is 75.3 Å². The largest absolute Gasteiger partial charge is 0.389 e. The zero-order valence-electron chi connectivity index (χ0n) is 17.4. The van der Waals surface area contributed by atoms with Gasteiger partial charge in [-0.25, -0.2) is 0 Å². The van der Waals surface area contributed by atoms with Crippen LogP contribution < -0.4 is 5.32 Å². The van der Waals surface area contributed by atoms with Crippen molar-refractivity contribution in [2.75, 3.05) is 19.8 Å². The van der Waals surface area contributed by atoms with Crippen LogP contribution in [-0.4, -0.2) is 72.0 Å². The van der Waals surface area contributed by atoms with Gasteiger partial charge in [0, 0.05) is 12.6 Å². The number of nitrogens with zero attached hydrogens (tertiary/aromatic N) is 1. The van der Waals surface area contributed by atoms with Crippen molar-refractivity contribution in [3.05, 3.63) is 35.9 Å². The number of carbonyl (C=O) groups is 2. The van der Waals surface area contributed by atoms with E-state index in [1.54, 1.807) is 4.90 Å². The number of aliphatic hydroxyl groups excluding tert-OH is 1. The monoisotopic (exact) mass is 416 g/mol. The number of hydrogen-bond donors (Lipinski definition) is 2. The summed E-state index contributed by atoms with van der Waals surface area (Å²) in [5, 5.41) is 13.3. The number of rotatable bonds is 5. The van der Waals surface area contributed by atoms with E-state index < -0.39 is 6.10 Å². The second-order valence-corrected chi connectivity index (χ2v) is 8.74. The molecule has 2 saturated heterocycles. The highest BCUT2D eigenvalue weighted by Gasteiger charge is 2.40. The third-order valence-corrected chi connectivity index (χ3v) is 6.38. The van der Waals surface area contributed by atoms with E-state index in [1.165, 1.54) is 6.42 Å². The lowest BCUT2D eigenvalue weighted by molar-refractivity contribution is -0.169. The first kappa shape index (κ1) is 21.3. The lowest BCUT2D eigenvalue weighted by atomic mass is 9.92. The Morgan fingerprint density at radius 3 is 2.63 bits per heavy atom. The first-order valence-corrected chi connectivity index (χ1v) is 11.1. The average molecular weight is 417 g/mol. The van der Waals surface area contributed by atoms with Crippen LogP contribution in [0.25, 0.3) is 0 Å². The van der Waals surface area contributed by atoms with Gasteiger partial charge in [-0.2, -0.15) is 0 Å². The highest BCUT2D eigenvalue weighted by molar-refractivity contribution is 5.79. The number of aliphatic hydroxyl groups is 1. The second kappa shape index (κ2) is 9.90. The molecule has 2 N–H and O–H groups in total. The molecule has 0 spiro atoms. The maximum atomic E-state index is 13.1. The molecule has 0 unspecified atom stereocenters. The molecule has 2 heterocycles. The van der Waals surface area contributed by atoms with Gasteiger partial charge in [0.15, 0.2) is 0 Å². The summed E-state index contributed by atoms with van der Waals surface area (Å²) in [5.41, 5.74) is 0.953. The molecule has 1 aromatic rings. The molecule has 2 amide bonds. The van der Waals surface area contributed by atoms with Gasteiger partial charge in [-0.3, -0.25) is 9.59 Å². The van der Waals surface area contributed by atoms with Gasteiger partial charge in [0.2, 0.25) is 11.8 Å². The fourth-order valence-corrected chi connectivity index (χ4v) is 4.55. The Hall–Kier alpha value is -1.96. The quantitative estimate of drug-likeness (QED) is 0.758. The van der Waals surface area contributed by atoms with Gasteiger partial charge in [-0.15, -0.1) is 0 Å². The van der Waals surface area contributed by atoms with Crippen molar-refractivity contribution in [1.82, 2.24) is 10.2 Å². The zero-order valence-corrected chi connectivity index (χ0v) is 17.4. The summed E-state index contributed by atoms with van der Waals surface area (Å²) in [6, 6.07) is 9.82. The van der Waals surface area contributed by atoms with E-state index in [1.807, 2.05) is 30.3 Å². The summed E-state index contributed by atoms with van der Waals surface area (Å²) in [7, 11) is 0. The van der Waals surface area contributed by atoms with Crippen LogP contribution in [0.2, 0.25) is 0 Å². The Kier molecular flexibility index (Phi) is 7.02. The number of β-amino-alcohol motifs (C(OH)–C–C–N with tert-alkyl or cyclic N) is 1. The fraction of sp³-hybridized carbons (Fsp3) is 0.652. The zero-order chi connectivity index (χ0) is 20.9. The van der Waals surface area contributed by atoms with Crippen molar-refractivity contribution in [3.63, 3.8) is 0 Å². The molecular weight excluding hydrogens is 384 g/mol. The van der Waals surface area contributed by atoms with Crippen LogP contribution in [0.4, 0.5) is 0 Å². The third-order valence-electron chi connectivity index (χ3n) is 6.38. The summed E-state index contributed by atoms with van der Waals surface area (Å²) >= 11 is 0. The minimum absolute atomic E-state index is 0.0121. The normalized spacial score (nSPS) is 29.8. The Morgan fingerprint density at radius 1 is 1.10 bits per heavy atom. The Morgan fingerprint density at radius 2 is 1.90 bits per heavy atom. The fourth-order valence-electron chi connectivity index (χ4n) is 4.55. The number of carbonyl (C=O) groups excluding carboxylic acids is 2. The van der Waals surface area contributed by atoms with Gasteiger partial charge < -0.3 is 24.8 Å². The molecule has 3 fully saturated rings. The Labute approximate surface area is 177 Å². The molecule has 0 bridgehead atoms. The highest BCUT2D eigenvalue weighted by atomic mass is 16.5. The summed E-state index contributed by atoms with van der Waals surface area (Å²) in [4.78, 5) is 27.2. The van der Waals surface area contributed by atoms with Crippen LogP contribution in [0.1, 0.15) is 44.1 Å². The van der Waals surface area contributed by atoms with E-state index in [2.05, 4.69) is 5.32 Å². The molecule has 30 heavy (non-hydrogen) atoms. The SMILES string of the molecule is O=C(C[C@@H]1CC[C@@H]2[C@H](COC[C@@H](O)CN2C(=O)Cc2ccccc2)O1)NC1CCC1. The number of fused-ring (bicyclic) bond motifs is 1. The average Bonchev–Trinajstić information content (AvgIpc) is 2.69. The van der Waals surface area contributed by atoms with Crippen molar-refractivity contribution in [3.8, 4) is 0 Å². The summed E-state index contributed by atoms with van der Waals surface area (Å²) in [6.45, 7) is 0.731. The van der Waals surface area contributed by atoms with Gasteiger partial charge in [0.25, 0.3) is 0 Å². The van der Waals surface area contributed by atoms with Crippen molar-refractivity contribution >= 4 is 11.8 Å². The third kappa shape index (κ3) is 5.39. The molecule has 7 heteroatoms. The van der Waals surface area contributed by atoms with Crippen molar-refractivity contribution in [1.29, 1.82) is 0 Å². The van der Waals surface area contributed by atoms with Crippen LogP contribution in [0.3, 0.4) is 0 Å². The first-order valence-electron chi connectivity index (χ1n) is 11.1. The topological polar surface area (TPSA) is 88.1 Å². The van der Waals surface area contributed by atoms with Gasteiger partial charge in [0.1, 0.15) is 6.10 Å². The Balaban J connectivity index is 1.39. The van der Waals surface area contributed by atoms with Gasteiger partial charge in [0.05, 0.1) is 44.3 Å². The van der Waals surface area contributed by atoms with E-state index >= 15 is 0 Å². The number of amides is 2. The highest BCUT2D eigenvalue weighted by Crippen LogP contribution is 2.28. The molecule has 1 aliphatic carbocycles. The van der Waals surface area contributed by atoms with E-state index in [-0.39, 0.29) is 43.2 Å². The summed E-state index contributed by atoms with van der Waals surface area (Å²) in [6.07, 6.45) is 4.25. The number of nitrogens with one attached hydrogen (secondary N) is 1. The smallest absolute Gasteiger partial charge is 0.227 e. The molecule has 0 aromatic heterocycles. The van der Waals surface area contributed by atoms with E-state index in [0.717, 1.165) is 24.8 Å². The van der Waals surface area contributed by atoms with E-state index in [4.69, 9.17) is 9.47 Å². The Bertz CT molecular complexity index is 724. The second-order valence-electron chi connectivity index (χ2n) is 8.74. The molecule has 0 radical (unpaired) electrons. The predicted molar refractivity (Wildman–Crippen MR) is 111 cm³/mol. The van der Waals surface area contributed by atoms with Crippen LogP contribution in [0, 0.1) is 0 Å². The molecule has 1 saturated carbocycles. The first-order chi connectivity index (χ1) is 14.6. The van der Waals surface area contributed by atoms with E-state index in [9.17, 15) is 14.7 Å². The molecule has 7 nitrogen and oxygen atoms in total. The maximum Gasteiger partial charge on any atom is 0.227 e. The lowest BCUT2D eigenvalue weighted by Gasteiger charge is -2.44. The molecule has 2 aliphatic heterocycles. The van der Waals surface area contributed by atoms with Gasteiger partial charge in [-0.1, -0.05) is 30.3 Å². The molecule has 1 aromatic carbocycles. The number of hydrogen-bond acceptors (Lipinski definition) is 5. The molecule has 4 atom stereocenters. The summed E-state index contributed by atoms with van der Waals surface area (Å²) in [5.74, 6) is 0.0317.